The maximum absolute atomic E-state index is 10.8. The van der Waals surface area contributed by atoms with Crippen LogP contribution in [0.1, 0.15) is 15.7 Å². The van der Waals surface area contributed by atoms with Crippen LogP contribution in [-0.2, 0) is 6.42 Å². The van der Waals surface area contributed by atoms with Crippen LogP contribution in [0.2, 0.25) is 0 Å². The Hall–Kier alpha value is -2.12. The summed E-state index contributed by atoms with van der Waals surface area (Å²) in [5.74, 6) is 0. The number of benzene rings is 1. The summed E-state index contributed by atoms with van der Waals surface area (Å²) in [6.45, 7) is 1.98. The molecule has 106 valence electrons. The van der Waals surface area contributed by atoms with Gasteiger partial charge in [-0.3, -0.25) is 10.1 Å². The summed E-state index contributed by atoms with van der Waals surface area (Å²) in [6, 6.07) is 6.54. The summed E-state index contributed by atoms with van der Waals surface area (Å²) in [6.07, 6.45) is 0.698. The number of nitrogens with zero attached hydrogens (tertiary/aromatic N) is 3. The van der Waals surface area contributed by atoms with Gasteiger partial charge in [0.15, 0.2) is 0 Å². The second kappa shape index (κ2) is 5.71. The molecule has 0 bridgehead atoms. The van der Waals surface area contributed by atoms with E-state index in [4.69, 9.17) is 0 Å². The Balaban J connectivity index is 1.84. The maximum Gasteiger partial charge on any atom is 0.270 e. The zero-order valence-corrected chi connectivity index (χ0v) is 12.8. The fourth-order valence-electron chi connectivity index (χ4n) is 1.95. The first-order chi connectivity index (χ1) is 10.1. The highest BCUT2D eigenvalue weighted by Crippen LogP contribution is 2.26. The van der Waals surface area contributed by atoms with Crippen molar-refractivity contribution in [2.75, 3.05) is 0 Å². The summed E-state index contributed by atoms with van der Waals surface area (Å²) in [5, 5.41) is 16.8. The number of hydrogen-bond acceptors (Lipinski definition) is 6. The van der Waals surface area contributed by atoms with Crippen LogP contribution in [0.25, 0.3) is 11.3 Å². The molecule has 0 radical (unpaired) electrons. The third-order valence-corrected chi connectivity index (χ3v) is 4.57. The van der Waals surface area contributed by atoms with Gasteiger partial charge in [-0.2, -0.15) is 0 Å². The first-order valence-corrected chi connectivity index (χ1v) is 7.98. The molecule has 0 amide bonds. The smallest absolute Gasteiger partial charge is 0.258 e. The molecule has 0 atom stereocenters. The number of nitro benzene ring substituents is 1. The van der Waals surface area contributed by atoms with Crippen molar-refractivity contribution in [1.82, 2.24) is 9.97 Å². The minimum Gasteiger partial charge on any atom is -0.258 e. The van der Waals surface area contributed by atoms with Crippen LogP contribution in [0.15, 0.2) is 35.0 Å². The number of rotatable bonds is 4. The Morgan fingerprint density at radius 1 is 1.24 bits per heavy atom. The standard InChI is InChI=1S/C14H11N3O2S2/c1-9-15-11(7-20-9)6-14-16-13(8-21-14)10-3-2-4-12(5-10)17(18)19/h2-5,7-8H,6H2,1H3. The van der Waals surface area contributed by atoms with Crippen molar-refractivity contribution in [3.05, 3.63) is 60.8 Å². The predicted molar refractivity (Wildman–Crippen MR) is 83.9 cm³/mol. The minimum atomic E-state index is -0.394. The van der Waals surface area contributed by atoms with Gasteiger partial charge >= 0.3 is 0 Å². The van der Waals surface area contributed by atoms with Gasteiger partial charge in [0.1, 0.15) is 0 Å². The van der Waals surface area contributed by atoms with E-state index in [-0.39, 0.29) is 5.69 Å². The summed E-state index contributed by atoms with van der Waals surface area (Å²) in [4.78, 5) is 19.4. The van der Waals surface area contributed by atoms with Gasteiger partial charge in [-0.1, -0.05) is 12.1 Å². The molecule has 0 saturated carbocycles. The molecule has 3 rings (SSSR count). The van der Waals surface area contributed by atoms with Gasteiger partial charge in [0, 0.05) is 34.9 Å². The van der Waals surface area contributed by atoms with Crippen molar-refractivity contribution < 1.29 is 4.92 Å². The lowest BCUT2D eigenvalue weighted by molar-refractivity contribution is -0.384. The molecule has 2 aromatic heterocycles. The van der Waals surface area contributed by atoms with E-state index in [1.807, 2.05) is 23.8 Å². The van der Waals surface area contributed by atoms with Crippen molar-refractivity contribution in [2.24, 2.45) is 0 Å². The lowest BCUT2D eigenvalue weighted by Crippen LogP contribution is -1.90. The van der Waals surface area contributed by atoms with Crippen molar-refractivity contribution >= 4 is 28.4 Å². The van der Waals surface area contributed by atoms with E-state index in [0.717, 1.165) is 27.0 Å². The summed E-state index contributed by atoms with van der Waals surface area (Å²) in [5.41, 5.74) is 2.63. The molecule has 0 spiro atoms. The van der Waals surface area contributed by atoms with E-state index in [2.05, 4.69) is 9.97 Å². The molecular formula is C14H11N3O2S2. The fourth-order valence-corrected chi connectivity index (χ4v) is 3.38. The van der Waals surface area contributed by atoms with Crippen LogP contribution in [0.4, 0.5) is 5.69 Å². The van der Waals surface area contributed by atoms with Gasteiger partial charge in [0.05, 0.1) is 26.3 Å². The molecule has 0 aliphatic rings. The van der Waals surface area contributed by atoms with E-state index in [0.29, 0.717) is 6.42 Å². The average molecular weight is 317 g/mol. The van der Waals surface area contributed by atoms with Crippen molar-refractivity contribution in [3.8, 4) is 11.3 Å². The Kier molecular flexibility index (Phi) is 3.76. The van der Waals surface area contributed by atoms with Crippen LogP contribution in [0.5, 0.6) is 0 Å². The number of aryl methyl sites for hydroxylation is 1. The van der Waals surface area contributed by atoms with Gasteiger partial charge in [-0.25, -0.2) is 9.97 Å². The molecule has 0 saturated heterocycles. The Morgan fingerprint density at radius 2 is 2.10 bits per heavy atom. The van der Waals surface area contributed by atoms with E-state index in [1.165, 1.54) is 6.07 Å². The predicted octanol–water partition coefficient (Wildman–Crippen LogP) is 4.07. The van der Waals surface area contributed by atoms with Crippen molar-refractivity contribution in [1.29, 1.82) is 0 Å². The van der Waals surface area contributed by atoms with E-state index >= 15 is 0 Å². The largest absolute Gasteiger partial charge is 0.270 e. The molecule has 0 N–H and O–H groups in total. The monoisotopic (exact) mass is 317 g/mol. The van der Waals surface area contributed by atoms with Crippen molar-refractivity contribution in [3.63, 3.8) is 0 Å². The number of non-ortho nitro benzene ring substituents is 1. The topological polar surface area (TPSA) is 68.9 Å². The van der Waals surface area contributed by atoms with Gasteiger partial charge < -0.3 is 0 Å². The zero-order valence-electron chi connectivity index (χ0n) is 11.1. The Morgan fingerprint density at radius 3 is 2.81 bits per heavy atom. The summed E-state index contributed by atoms with van der Waals surface area (Å²) in [7, 11) is 0. The first kappa shape index (κ1) is 13.8. The quantitative estimate of drug-likeness (QED) is 0.537. The molecule has 2 heterocycles. The van der Waals surface area contributed by atoms with Gasteiger partial charge in [0.25, 0.3) is 5.69 Å². The molecule has 0 unspecified atom stereocenters. The highest BCUT2D eigenvalue weighted by molar-refractivity contribution is 7.10. The third-order valence-electron chi connectivity index (χ3n) is 2.90. The number of aromatic nitrogens is 2. The average Bonchev–Trinajstić information content (AvgIpc) is 3.09. The molecule has 3 aromatic rings. The van der Waals surface area contributed by atoms with Crippen LogP contribution >= 0.6 is 22.7 Å². The molecule has 0 aliphatic heterocycles. The molecule has 5 nitrogen and oxygen atoms in total. The van der Waals surface area contributed by atoms with Crippen LogP contribution in [-0.4, -0.2) is 14.9 Å². The second-order valence-corrected chi connectivity index (χ2v) is 6.47. The SMILES string of the molecule is Cc1nc(Cc2nc(-c3cccc([N+](=O)[O-])c3)cs2)cs1. The molecule has 21 heavy (non-hydrogen) atoms. The first-order valence-electron chi connectivity index (χ1n) is 6.22. The minimum absolute atomic E-state index is 0.0807. The molecule has 0 fully saturated rings. The molecule has 7 heteroatoms. The number of hydrogen-bond donors (Lipinski definition) is 0. The fraction of sp³-hybridized carbons (Fsp3) is 0.143. The number of thiazole rings is 2. The maximum atomic E-state index is 10.8. The van der Waals surface area contributed by atoms with Crippen LogP contribution in [0.3, 0.4) is 0 Å². The summed E-state index contributed by atoms with van der Waals surface area (Å²) >= 11 is 3.17. The third kappa shape index (κ3) is 3.14. The van der Waals surface area contributed by atoms with Crippen molar-refractivity contribution in [2.45, 2.75) is 13.3 Å². The molecular weight excluding hydrogens is 306 g/mol. The lowest BCUT2D eigenvalue weighted by atomic mass is 10.1. The van der Waals surface area contributed by atoms with E-state index < -0.39 is 4.92 Å². The molecule has 0 aliphatic carbocycles. The normalized spacial score (nSPS) is 10.7. The van der Waals surface area contributed by atoms with Gasteiger partial charge in [-0.05, 0) is 6.92 Å². The highest BCUT2D eigenvalue weighted by atomic mass is 32.1. The van der Waals surface area contributed by atoms with Crippen LogP contribution in [0, 0.1) is 17.0 Å². The Labute approximate surface area is 129 Å². The molecule has 1 aromatic carbocycles. The number of nitro groups is 1. The zero-order chi connectivity index (χ0) is 14.8. The van der Waals surface area contributed by atoms with Crippen LogP contribution < -0.4 is 0 Å². The highest BCUT2D eigenvalue weighted by Gasteiger charge is 2.11. The van der Waals surface area contributed by atoms with Gasteiger partial charge in [-0.15, -0.1) is 22.7 Å². The summed E-state index contributed by atoms with van der Waals surface area (Å²) < 4.78 is 0. The Bertz CT molecular complexity index is 795. The van der Waals surface area contributed by atoms with E-state index in [9.17, 15) is 10.1 Å². The lowest BCUT2D eigenvalue weighted by Gasteiger charge is -1.96. The van der Waals surface area contributed by atoms with Gasteiger partial charge in [0.2, 0.25) is 0 Å². The second-order valence-electron chi connectivity index (χ2n) is 4.47. The van der Waals surface area contributed by atoms with E-state index in [1.54, 1.807) is 34.8 Å².